The van der Waals surface area contributed by atoms with Crippen LogP contribution in [0.1, 0.15) is 25.3 Å². The van der Waals surface area contributed by atoms with Gasteiger partial charge in [0.25, 0.3) is 5.91 Å². The Morgan fingerprint density at radius 2 is 2.25 bits per heavy atom. The second kappa shape index (κ2) is 6.53. The Morgan fingerprint density at radius 1 is 1.45 bits per heavy atom. The van der Waals surface area contributed by atoms with Crippen LogP contribution in [0.5, 0.6) is 5.75 Å². The minimum absolute atomic E-state index is 0.168. The van der Waals surface area contributed by atoms with Crippen molar-refractivity contribution in [3.63, 3.8) is 0 Å². The lowest BCUT2D eigenvalue weighted by Gasteiger charge is -2.06. The van der Waals surface area contributed by atoms with Gasteiger partial charge in [-0.3, -0.25) is 4.79 Å². The minimum Gasteiger partial charge on any atom is -0.482 e. The van der Waals surface area contributed by atoms with Crippen molar-refractivity contribution < 1.29 is 9.53 Å². The molecule has 0 saturated heterocycles. The molecule has 0 atom stereocenters. The number of hydrogen-bond acceptors (Lipinski definition) is 4. The highest BCUT2D eigenvalue weighted by molar-refractivity contribution is 5.98. The van der Waals surface area contributed by atoms with Gasteiger partial charge >= 0.3 is 0 Å². The van der Waals surface area contributed by atoms with E-state index in [-0.39, 0.29) is 12.5 Å². The molecule has 5 nitrogen and oxygen atoms in total. The van der Waals surface area contributed by atoms with Crippen LogP contribution in [0.2, 0.25) is 0 Å². The maximum Gasteiger partial charge on any atom is 0.277 e. The fourth-order valence-electron chi connectivity index (χ4n) is 1.84. The standard InChI is InChI=1S/C15H15N3O2/c1-11-6-7-13(8-11)17-18-15(19)10-20-14-5-3-2-4-12(14)9-16/h2-5,8H,6-7,10H2,1H3,(H,18,19)/b17-13+. The van der Waals surface area contributed by atoms with Gasteiger partial charge in [0.05, 0.1) is 11.3 Å². The molecular weight excluding hydrogens is 254 g/mol. The van der Waals surface area contributed by atoms with Gasteiger partial charge in [0.1, 0.15) is 11.8 Å². The molecule has 1 aromatic rings. The van der Waals surface area contributed by atoms with E-state index >= 15 is 0 Å². The monoisotopic (exact) mass is 269 g/mol. The number of carbonyl (C=O) groups excluding carboxylic acids is 1. The molecule has 1 amide bonds. The Kier molecular flexibility index (Phi) is 4.51. The summed E-state index contributed by atoms with van der Waals surface area (Å²) in [6, 6.07) is 8.79. The van der Waals surface area contributed by atoms with E-state index < -0.39 is 0 Å². The highest BCUT2D eigenvalue weighted by atomic mass is 16.5. The van der Waals surface area contributed by atoms with Crippen molar-refractivity contribution in [1.29, 1.82) is 5.26 Å². The number of nitrogens with one attached hydrogen (secondary N) is 1. The van der Waals surface area contributed by atoms with E-state index in [1.54, 1.807) is 24.3 Å². The predicted octanol–water partition coefficient (Wildman–Crippen LogP) is 2.15. The number of hydrazone groups is 1. The molecule has 0 bridgehead atoms. The summed E-state index contributed by atoms with van der Waals surface area (Å²) in [5.74, 6) is 0.0533. The van der Waals surface area contributed by atoms with Gasteiger partial charge in [0, 0.05) is 0 Å². The van der Waals surface area contributed by atoms with Crippen LogP contribution in [0.4, 0.5) is 0 Å². The van der Waals surface area contributed by atoms with Crippen molar-refractivity contribution in [2.24, 2.45) is 5.10 Å². The molecule has 1 N–H and O–H groups in total. The molecule has 1 aliphatic rings. The molecule has 0 saturated carbocycles. The normalized spacial score (nSPS) is 15.6. The summed E-state index contributed by atoms with van der Waals surface area (Å²) in [4.78, 5) is 11.6. The lowest BCUT2D eigenvalue weighted by atomic mass is 10.2. The number of carbonyl (C=O) groups is 1. The van der Waals surface area contributed by atoms with E-state index in [1.165, 1.54) is 5.57 Å². The first-order valence-electron chi connectivity index (χ1n) is 6.33. The van der Waals surface area contributed by atoms with E-state index in [1.807, 2.05) is 19.1 Å². The van der Waals surface area contributed by atoms with Gasteiger partial charge in [-0.1, -0.05) is 17.7 Å². The lowest BCUT2D eigenvalue weighted by Crippen LogP contribution is -2.25. The molecule has 0 heterocycles. The van der Waals surface area contributed by atoms with E-state index in [4.69, 9.17) is 10.00 Å². The quantitative estimate of drug-likeness (QED) is 0.851. The van der Waals surface area contributed by atoms with Crippen LogP contribution >= 0.6 is 0 Å². The molecular formula is C15H15N3O2. The molecule has 0 fully saturated rings. The van der Waals surface area contributed by atoms with E-state index in [2.05, 4.69) is 10.5 Å². The van der Waals surface area contributed by atoms with Gasteiger partial charge in [-0.05, 0) is 38.0 Å². The summed E-state index contributed by atoms with van der Waals surface area (Å²) in [6.07, 6.45) is 3.80. The van der Waals surface area contributed by atoms with Crippen LogP contribution in [0.25, 0.3) is 0 Å². The first-order chi connectivity index (χ1) is 9.69. The van der Waals surface area contributed by atoms with Crippen LogP contribution < -0.4 is 10.2 Å². The summed E-state index contributed by atoms with van der Waals surface area (Å²) in [6.45, 7) is 1.87. The number of nitriles is 1. The van der Waals surface area contributed by atoms with Crippen molar-refractivity contribution in [1.82, 2.24) is 5.43 Å². The maximum absolute atomic E-state index is 11.6. The fourth-order valence-corrected chi connectivity index (χ4v) is 1.84. The molecule has 1 aliphatic carbocycles. The van der Waals surface area contributed by atoms with Crippen LogP contribution in [-0.2, 0) is 4.79 Å². The molecule has 102 valence electrons. The van der Waals surface area contributed by atoms with Gasteiger partial charge in [-0.15, -0.1) is 0 Å². The van der Waals surface area contributed by atoms with Crippen molar-refractivity contribution in [3.8, 4) is 11.8 Å². The molecule has 20 heavy (non-hydrogen) atoms. The van der Waals surface area contributed by atoms with Crippen LogP contribution in [-0.4, -0.2) is 18.2 Å². The van der Waals surface area contributed by atoms with Crippen molar-refractivity contribution in [2.45, 2.75) is 19.8 Å². The zero-order chi connectivity index (χ0) is 14.4. The molecule has 0 unspecified atom stereocenters. The number of para-hydroxylation sites is 1. The maximum atomic E-state index is 11.6. The van der Waals surface area contributed by atoms with Crippen LogP contribution in [0.3, 0.4) is 0 Å². The Morgan fingerprint density at radius 3 is 2.95 bits per heavy atom. The second-order valence-electron chi connectivity index (χ2n) is 4.53. The Hall–Kier alpha value is -2.61. The molecule has 0 aromatic heterocycles. The Balaban J connectivity index is 1.85. The number of hydrogen-bond donors (Lipinski definition) is 1. The smallest absolute Gasteiger partial charge is 0.277 e. The summed E-state index contributed by atoms with van der Waals surface area (Å²) < 4.78 is 5.31. The van der Waals surface area contributed by atoms with Gasteiger partial charge in [-0.2, -0.15) is 10.4 Å². The number of rotatable bonds is 4. The van der Waals surface area contributed by atoms with E-state index in [0.29, 0.717) is 11.3 Å². The zero-order valence-electron chi connectivity index (χ0n) is 11.2. The molecule has 0 spiro atoms. The average Bonchev–Trinajstić information content (AvgIpc) is 2.89. The van der Waals surface area contributed by atoms with Gasteiger partial charge in [0.2, 0.25) is 0 Å². The number of ether oxygens (including phenoxy) is 1. The van der Waals surface area contributed by atoms with Crippen molar-refractivity contribution in [3.05, 3.63) is 41.5 Å². The van der Waals surface area contributed by atoms with Crippen molar-refractivity contribution in [2.75, 3.05) is 6.61 Å². The third-order valence-electron chi connectivity index (χ3n) is 2.88. The largest absolute Gasteiger partial charge is 0.482 e. The number of benzene rings is 1. The number of nitrogens with zero attached hydrogens (tertiary/aromatic N) is 2. The summed E-state index contributed by atoms with van der Waals surface area (Å²) in [7, 11) is 0. The average molecular weight is 269 g/mol. The first-order valence-corrected chi connectivity index (χ1v) is 6.33. The first kappa shape index (κ1) is 13.8. The molecule has 0 radical (unpaired) electrons. The zero-order valence-corrected chi connectivity index (χ0v) is 11.2. The van der Waals surface area contributed by atoms with Crippen LogP contribution in [0, 0.1) is 11.3 Å². The third kappa shape index (κ3) is 3.69. The highest BCUT2D eigenvalue weighted by Gasteiger charge is 2.08. The van der Waals surface area contributed by atoms with Crippen molar-refractivity contribution >= 4 is 11.6 Å². The van der Waals surface area contributed by atoms with Gasteiger partial charge in [-0.25, -0.2) is 5.43 Å². The summed E-state index contributed by atoms with van der Waals surface area (Å²) in [5.41, 5.74) is 4.98. The topological polar surface area (TPSA) is 74.5 Å². The number of allylic oxidation sites excluding steroid dienone is 2. The SMILES string of the molecule is CC1=C/C(=N/NC(=O)COc2ccccc2C#N)CC1. The lowest BCUT2D eigenvalue weighted by molar-refractivity contribution is -0.123. The van der Waals surface area contributed by atoms with Gasteiger partial charge in [0.15, 0.2) is 6.61 Å². The Labute approximate surface area is 117 Å². The molecule has 5 heteroatoms. The summed E-state index contributed by atoms with van der Waals surface area (Å²) >= 11 is 0. The summed E-state index contributed by atoms with van der Waals surface area (Å²) in [5, 5.41) is 12.9. The third-order valence-corrected chi connectivity index (χ3v) is 2.88. The predicted molar refractivity (Wildman–Crippen MR) is 75.2 cm³/mol. The van der Waals surface area contributed by atoms with Gasteiger partial charge < -0.3 is 4.74 Å². The molecule has 1 aromatic carbocycles. The fraction of sp³-hybridized carbons (Fsp3) is 0.267. The second-order valence-corrected chi connectivity index (χ2v) is 4.53. The van der Waals surface area contributed by atoms with E-state index in [0.717, 1.165) is 18.6 Å². The number of amides is 1. The van der Waals surface area contributed by atoms with Crippen LogP contribution in [0.15, 0.2) is 41.0 Å². The van der Waals surface area contributed by atoms with E-state index in [9.17, 15) is 4.79 Å². The highest BCUT2D eigenvalue weighted by Crippen LogP contribution is 2.16. The minimum atomic E-state index is -0.344. The molecule has 0 aliphatic heterocycles. The Bertz CT molecular complexity index is 612. The molecule has 2 rings (SSSR count).